The largest absolute Gasteiger partial charge is 0.493 e. The highest BCUT2D eigenvalue weighted by atomic mass is 79.9. The number of carbonyl (C=O) groups is 2. The molecule has 1 N–H and O–H groups in total. The first-order valence-electron chi connectivity index (χ1n) is 11.3. The van der Waals surface area contributed by atoms with Crippen molar-refractivity contribution < 1.29 is 33.3 Å². The van der Waals surface area contributed by atoms with Crippen molar-refractivity contribution in [3.8, 4) is 23.0 Å². The van der Waals surface area contributed by atoms with Crippen LogP contribution in [0.3, 0.4) is 0 Å². The lowest BCUT2D eigenvalue weighted by Crippen LogP contribution is -2.44. The molecule has 1 heterocycles. The molecule has 11 heteroatoms. The average molecular weight is 574 g/mol. The number of aromatic nitrogens is 1. The number of para-hydroxylation sites is 1. The van der Waals surface area contributed by atoms with E-state index in [2.05, 4.69) is 26.2 Å². The molecule has 2 amide bonds. The highest BCUT2D eigenvalue weighted by Gasteiger charge is 2.25. The summed E-state index contributed by atoms with van der Waals surface area (Å²) in [5.41, 5.74) is 0.868. The molecule has 0 fully saturated rings. The van der Waals surface area contributed by atoms with Gasteiger partial charge in [-0.2, -0.15) is 0 Å². The zero-order chi connectivity index (χ0) is 26.6. The fourth-order valence-electron chi connectivity index (χ4n) is 3.32. The molecule has 1 aromatic heterocycles. The van der Waals surface area contributed by atoms with Crippen LogP contribution in [0.15, 0.2) is 66.9 Å². The van der Waals surface area contributed by atoms with Crippen molar-refractivity contribution in [3.05, 3.63) is 72.6 Å². The number of anilines is 1. The lowest BCUT2D eigenvalue weighted by molar-refractivity contribution is 0.0947. The zero-order valence-corrected chi connectivity index (χ0v) is 22.3. The van der Waals surface area contributed by atoms with Crippen molar-refractivity contribution in [1.82, 2.24) is 10.3 Å². The highest BCUT2D eigenvalue weighted by Crippen LogP contribution is 2.40. The molecule has 1 unspecified atom stereocenters. The Balaban J connectivity index is 1.61. The summed E-state index contributed by atoms with van der Waals surface area (Å²) in [5.74, 6) is 1.44. The van der Waals surface area contributed by atoms with Gasteiger partial charge in [-0.25, -0.2) is 4.79 Å². The molecule has 196 valence electrons. The van der Waals surface area contributed by atoms with Gasteiger partial charge in [-0.3, -0.25) is 14.7 Å². The molecule has 1 atom stereocenters. The van der Waals surface area contributed by atoms with Crippen LogP contribution >= 0.6 is 15.9 Å². The van der Waals surface area contributed by atoms with Crippen LogP contribution in [0, 0.1) is 0 Å². The first-order valence-corrected chi connectivity index (χ1v) is 12.2. The van der Waals surface area contributed by atoms with E-state index in [9.17, 15) is 9.59 Å². The second-order valence-electron chi connectivity index (χ2n) is 7.39. The molecule has 2 aromatic carbocycles. The molecule has 0 saturated heterocycles. The van der Waals surface area contributed by atoms with Crippen molar-refractivity contribution in [2.45, 2.75) is 4.95 Å². The number of rotatable bonds is 12. The third-order valence-electron chi connectivity index (χ3n) is 5.06. The van der Waals surface area contributed by atoms with Gasteiger partial charge >= 0.3 is 6.09 Å². The number of nitrogens with one attached hydrogen (secondary N) is 1. The summed E-state index contributed by atoms with van der Waals surface area (Å²) in [7, 11) is 4.53. The van der Waals surface area contributed by atoms with Crippen molar-refractivity contribution in [1.29, 1.82) is 0 Å². The third-order valence-corrected chi connectivity index (χ3v) is 5.79. The van der Waals surface area contributed by atoms with Gasteiger partial charge in [0, 0.05) is 30.6 Å². The lowest BCUT2D eigenvalue weighted by atomic mass is 10.2. The smallest absolute Gasteiger partial charge is 0.415 e. The Morgan fingerprint density at radius 2 is 1.62 bits per heavy atom. The van der Waals surface area contributed by atoms with Gasteiger partial charge in [0.25, 0.3) is 5.91 Å². The van der Waals surface area contributed by atoms with E-state index in [1.165, 1.54) is 32.4 Å². The number of benzene rings is 2. The van der Waals surface area contributed by atoms with E-state index in [4.69, 9.17) is 23.7 Å². The summed E-state index contributed by atoms with van der Waals surface area (Å²) in [6, 6.07) is 17.3. The quantitative estimate of drug-likeness (QED) is 0.194. The first kappa shape index (κ1) is 27.6. The fourth-order valence-corrected chi connectivity index (χ4v) is 3.89. The van der Waals surface area contributed by atoms with Crippen molar-refractivity contribution in [3.63, 3.8) is 0 Å². The Kier molecular flexibility index (Phi) is 10.4. The number of ether oxygens (including phenoxy) is 5. The predicted octanol–water partition coefficient (Wildman–Crippen LogP) is 4.28. The molecule has 37 heavy (non-hydrogen) atoms. The summed E-state index contributed by atoms with van der Waals surface area (Å²) >= 11 is 3.49. The molecule has 0 saturated carbocycles. The van der Waals surface area contributed by atoms with Crippen molar-refractivity contribution in [2.24, 2.45) is 0 Å². The first-order chi connectivity index (χ1) is 18.0. The lowest BCUT2D eigenvalue weighted by Gasteiger charge is -2.27. The van der Waals surface area contributed by atoms with Gasteiger partial charge in [-0.1, -0.05) is 40.2 Å². The SMILES string of the molecule is COc1cc(OCCOC(=O)N(c2ccccc2)C(Br)CNC(=O)c2ccccn2)cc(OC)c1OC. The van der Waals surface area contributed by atoms with Gasteiger partial charge in [0.05, 0.1) is 21.3 Å². The Bertz CT molecular complexity index is 1140. The zero-order valence-electron chi connectivity index (χ0n) is 20.7. The number of pyridine rings is 1. The average Bonchev–Trinajstić information content (AvgIpc) is 2.94. The van der Waals surface area contributed by atoms with E-state index in [-0.39, 0.29) is 31.4 Å². The van der Waals surface area contributed by atoms with Gasteiger partial charge in [-0.05, 0) is 24.3 Å². The normalized spacial score (nSPS) is 11.1. The summed E-state index contributed by atoms with van der Waals surface area (Å²) in [4.78, 5) is 30.3. The Labute approximate surface area is 223 Å². The number of alkyl halides is 1. The molecular formula is C26H28BrN3O7. The van der Waals surface area contributed by atoms with Crippen LogP contribution < -0.4 is 29.2 Å². The predicted molar refractivity (Wildman–Crippen MR) is 141 cm³/mol. The van der Waals surface area contributed by atoms with E-state index < -0.39 is 11.0 Å². The molecule has 0 spiro atoms. The minimum absolute atomic E-state index is 0.0289. The topological polar surface area (TPSA) is 108 Å². The number of hydrogen-bond donors (Lipinski definition) is 1. The van der Waals surface area contributed by atoms with Crippen LogP contribution in [0.5, 0.6) is 23.0 Å². The Hall–Kier alpha value is -3.99. The molecule has 0 aliphatic heterocycles. The van der Waals surface area contributed by atoms with Gasteiger partial charge in [0.15, 0.2) is 11.5 Å². The van der Waals surface area contributed by atoms with Gasteiger partial charge < -0.3 is 29.0 Å². The molecular weight excluding hydrogens is 546 g/mol. The van der Waals surface area contributed by atoms with Crippen LogP contribution in [0.1, 0.15) is 10.5 Å². The Morgan fingerprint density at radius 3 is 2.22 bits per heavy atom. The fraction of sp³-hybridized carbons (Fsp3) is 0.269. The number of methoxy groups -OCH3 is 3. The number of carbonyl (C=O) groups excluding carboxylic acids is 2. The van der Waals surface area contributed by atoms with E-state index in [0.29, 0.717) is 28.7 Å². The van der Waals surface area contributed by atoms with Crippen LogP contribution in [-0.4, -0.2) is 63.0 Å². The van der Waals surface area contributed by atoms with Gasteiger partial charge in [-0.15, -0.1) is 0 Å². The maximum Gasteiger partial charge on any atom is 0.415 e. The molecule has 3 aromatic rings. The van der Waals surface area contributed by atoms with Crippen LogP contribution in [-0.2, 0) is 4.74 Å². The maximum atomic E-state index is 13.0. The Morgan fingerprint density at radius 1 is 0.946 bits per heavy atom. The van der Waals surface area contributed by atoms with Crippen molar-refractivity contribution in [2.75, 3.05) is 46.0 Å². The number of hydrogen-bond acceptors (Lipinski definition) is 8. The van der Waals surface area contributed by atoms with E-state index in [1.54, 1.807) is 54.6 Å². The summed E-state index contributed by atoms with van der Waals surface area (Å²) in [6.45, 7) is 0.163. The third kappa shape index (κ3) is 7.50. The van der Waals surface area contributed by atoms with Crippen LogP contribution in [0.4, 0.5) is 10.5 Å². The van der Waals surface area contributed by atoms with Crippen molar-refractivity contribution >= 4 is 33.6 Å². The van der Waals surface area contributed by atoms with E-state index >= 15 is 0 Å². The van der Waals surface area contributed by atoms with Crippen LogP contribution in [0.2, 0.25) is 0 Å². The number of nitrogens with zero attached hydrogens (tertiary/aromatic N) is 2. The number of amides is 2. The minimum atomic E-state index is -0.617. The molecule has 3 rings (SSSR count). The summed E-state index contributed by atoms with van der Waals surface area (Å²) in [5, 5.41) is 2.77. The second kappa shape index (κ2) is 13.9. The highest BCUT2D eigenvalue weighted by molar-refractivity contribution is 9.09. The molecule has 0 radical (unpaired) electrons. The minimum Gasteiger partial charge on any atom is -0.493 e. The summed E-state index contributed by atoms with van der Waals surface area (Å²) in [6.07, 6.45) is 0.919. The monoisotopic (exact) mass is 573 g/mol. The molecule has 10 nitrogen and oxygen atoms in total. The molecule has 0 aliphatic rings. The molecule has 0 bridgehead atoms. The van der Waals surface area contributed by atoms with Gasteiger partial charge in [0.1, 0.15) is 29.6 Å². The van der Waals surface area contributed by atoms with Crippen LogP contribution in [0.25, 0.3) is 0 Å². The number of halogens is 1. The molecule has 0 aliphatic carbocycles. The second-order valence-corrected chi connectivity index (χ2v) is 8.45. The summed E-state index contributed by atoms with van der Waals surface area (Å²) < 4.78 is 27.2. The van der Waals surface area contributed by atoms with E-state index in [0.717, 1.165) is 0 Å². The van der Waals surface area contributed by atoms with Gasteiger partial charge in [0.2, 0.25) is 5.75 Å². The standard InChI is InChI=1S/C26H28BrN3O7/c1-33-21-15-19(16-22(34-2)24(21)35-3)36-13-14-37-26(32)30(18-9-5-4-6-10-18)23(27)17-29-25(31)20-11-7-8-12-28-20/h4-12,15-16,23H,13-14,17H2,1-3H3,(H,29,31). The maximum absolute atomic E-state index is 13.0. The van der Waals surface area contributed by atoms with E-state index in [1.807, 2.05) is 6.07 Å².